The second-order valence-electron chi connectivity index (χ2n) is 9.32. The number of anilines is 3. The highest BCUT2D eigenvalue weighted by atomic mass is 35.5. The summed E-state index contributed by atoms with van der Waals surface area (Å²) in [6, 6.07) is 22.8. The summed E-state index contributed by atoms with van der Waals surface area (Å²) in [7, 11) is 1.42. The quantitative estimate of drug-likeness (QED) is 0.0982. The zero-order valence-corrected chi connectivity index (χ0v) is 25.8. The SMILES string of the molecule is COc1cc(/C=N\NC(=O)c2ccc(-c3csc(Nc4ccc(Cl)cc4)n3)cc2)cc(Cl)c1OCC(=O)Nc1ccc(F)cc1. The molecule has 0 spiro atoms. The van der Waals surface area contributed by atoms with Crippen molar-refractivity contribution in [3.63, 3.8) is 0 Å². The number of ether oxygens (including phenoxy) is 2. The van der Waals surface area contributed by atoms with E-state index in [1.165, 1.54) is 48.9 Å². The first kappa shape index (κ1) is 31.5. The van der Waals surface area contributed by atoms with Gasteiger partial charge in [-0.1, -0.05) is 35.3 Å². The fourth-order valence-electron chi connectivity index (χ4n) is 3.97. The highest BCUT2D eigenvalue weighted by molar-refractivity contribution is 7.14. The number of hydrogen-bond acceptors (Lipinski definition) is 8. The number of thiazole rings is 1. The predicted octanol–water partition coefficient (Wildman–Crippen LogP) is 7.79. The van der Waals surface area contributed by atoms with Gasteiger partial charge in [0.2, 0.25) is 0 Å². The fraction of sp³-hybridized carbons (Fsp3) is 0.0625. The summed E-state index contributed by atoms with van der Waals surface area (Å²) >= 11 is 13.8. The summed E-state index contributed by atoms with van der Waals surface area (Å²) in [5.41, 5.74) is 6.33. The zero-order chi connectivity index (χ0) is 31.8. The van der Waals surface area contributed by atoms with Gasteiger partial charge in [-0.05, 0) is 78.4 Å². The number of benzene rings is 4. The average Bonchev–Trinajstić information content (AvgIpc) is 3.51. The van der Waals surface area contributed by atoms with E-state index in [1.54, 1.807) is 36.4 Å². The largest absolute Gasteiger partial charge is 0.493 e. The van der Waals surface area contributed by atoms with Crippen molar-refractivity contribution >= 4 is 69.1 Å². The molecule has 0 fully saturated rings. The third-order valence-electron chi connectivity index (χ3n) is 6.15. The van der Waals surface area contributed by atoms with Crippen LogP contribution >= 0.6 is 34.5 Å². The lowest BCUT2D eigenvalue weighted by Gasteiger charge is -2.13. The van der Waals surface area contributed by atoms with Gasteiger partial charge in [-0.15, -0.1) is 11.3 Å². The molecule has 0 saturated carbocycles. The van der Waals surface area contributed by atoms with Crippen molar-refractivity contribution in [3.8, 4) is 22.8 Å². The second-order valence-corrected chi connectivity index (χ2v) is 11.0. The summed E-state index contributed by atoms with van der Waals surface area (Å²) in [6.07, 6.45) is 1.40. The molecule has 0 atom stereocenters. The summed E-state index contributed by atoms with van der Waals surface area (Å²) in [4.78, 5) is 29.5. The number of hydrogen-bond donors (Lipinski definition) is 3. The predicted molar refractivity (Wildman–Crippen MR) is 176 cm³/mol. The first-order chi connectivity index (χ1) is 21.8. The Bertz CT molecular complexity index is 1830. The van der Waals surface area contributed by atoms with Crippen LogP contribution in [0.25, 0.3) is 11.3 Å². The maximum absolute atomic E-state index is 13.1. The minimum absolute atomic E-state index is 0.155. The molecule has 228 valence electrons. The first-order valence-electron chi connectivity index (χ1n) is 13.2. The molecule has 0 unspecified atom stereocenters. The van der Waals surface area contributed by atoms with Gasteiger partial charge in [-0.2, -0.15) is 5.10 Å². The van der Waals surface area contributed by atoms with Crippen molar-refractivity contribution in [2.24, 2.45) is 5.10 Å². The van der Waals surface area contributed by atoms with Crippen LogP contribution in [0.4, 0.5) is 20.9 Å². The van der Waals surface area contributed by atoms with Gasteiger partial charge in [-0.3, -0.25) is 9.59 Å². The number of methoxy groups -OCH3 is 1. The molecule has 45 heavy (non-hydrogen) atoms. The van der Waals surface area contributed by atoms with Gasteiger partial charge >= 0.3 is 0 Å². The Morgan fingerprint density at radius 2 is 1.69 bits per heavy atom. The second kappa shape index (κ2) is 14.7. The number of amides is 2. The molecule has 4 aromatic carbocycles. The number of rotatable bonds is 11. The molecule has 5 aromatic rings. The Kier molecular flexibility index (Phi) is 10.3. The van der Waals surface area contributed by atoms with Gasteiger partial charge in [0.25, 0.3) is 11.8 Å². The fourth-order valence-corrected chi connectivity index (χ4v) is 5.10. The Labute approximate surface area is 271 Å². The summed E-state index contributed by atoms with van der Waals surface area (Å²) in [5.74, 6) is -0.879. The number of halogens is 3. The van der Waals surface area contributed by atoms with Gasteiger partial charge in [0.1, 0.15) is 5.82 Å². The topological polar surface area (TPSA) is 114 Å². The minimum Gasteiger partial charge on any atom is -0.493 e. The van der Waals surface area contributed by atoms with Crippen LogP contribution in [0.5, 0.6) is 11.5 Å². The molecule has 0 saturated heterocycles. The summed E-state index contributed by atoms with van der Waals surface area (Å²) < 4.78 is 24.0. The van der Waals surface area contributed by atoms with E-state index in [9.17, 15) is 14.0 Å². The van der Waals surface area contributed by atoms with Crippen molar-refractivity contribution < 1.29 is 23.5 Å². The highest BCUT2D eigenvalue weighted by Crippen LogP contribution is 2.36. The van der Waals surface area contributed by atoms with E-state index in [1.807, 2.05) is 29.6 Å². The molecule has 0 bridgehead atoms. The highest BCUT2D eigenvalue weighted by Gasteiger charge is 2.14. The van der Waals surface area contributed by atoms with Gasteiger partial charge < -0.3 is 20.1 Å². The van der Waals surface area contributed by atoms with E-state index < -0.39 is 17.6 Å². The zero-order valence-electron chi connectivity index (χ0n) is 23.5. The van der Waals surface area contributed by atoms with Crippen LogP contribution in [0, 0.1) is 5.82 Å². The van der Waals surface area contributed by atoms with Crippen molar-refractivity contribution in [1.82, 2.24) is 10.4 Å². The molecule has 0 radical (unpaired) electrons. The molecule has 0 aliphatic rings. The van der Waals surface area contributed by atoms with E-state index in [4.69, 9.17) is 32.7 Å². The number of carbonyl (C=O) groups is 2. The van der Waals surface area contributed by atoms with Crippen LogP contribution in [0.1, 0.15) is 15.9 Å². The van der Waals surface area contributed by atoms with Crippen molar-refractivity contribution in [2.75, 3.05) is 24.4 Å². The maximum atomic E-state index is 13.1. The van der Waals surface area contributed by atoms with E-state index in [0.717, 1.165) is 22.1 Å². The molecule has 3 N–H and O–H groups in total. The van der Waals surface area contributed by atoms with E-state index in [2.05, 4.69) is 26.1 Å². The van der Waals surface area contributed by atoms with Crippen LogP contribution in [0.15, 0.2) is 95.4 Å². The van der Waals surface area contributed by atoms with Crippen LogP contribution in [0.3, 0.4) is 0 Å². The molecule has 2 amide bonds. The molecule has 9 nitrogen and oxygen atoms in total. The van der Waals surface area contributed by atoms with Crippen LogP contribution in [0.2, 0.25) is 10.0 Å². The lowest BCUT2D eigenvalue weighted by Crippen LogP contribution is -2.20. The third-order valence-corrected chi connectivity index (χ3v) is 7.44. The average molecular weight is 665 g/mol. The molecule has 5 rings (SSSR count). The number of nitrogens with zero attached hydrogens (tertiary/aromatic N) is 2. The molecule has 0 aliphatic heterocycles. The van der Waals surface area contributed by atoms with Crippen LogP contribution in [-0.4, -0.2) is 36.7 Å². The summed E-state index contributed by atoms with van der Waals surface area (Å²) in [6.45, 7) is -0.361. The molecular formula is C32H24Cl2FN5O4S. The normalized spacial score (nSPS) is 10.8. The molecular weight excluding hydrogens is 640 g/mol. The number of carbonyl (C=O) groups excluding carboxylic acids is 2. The van der Waals surface area contributed by atoms with Crippen LogP contribution in [-0.2, 0) is 4.79 Å². The van der Waals surface area contributed by atoms with E-state index in [-0.39, 0.29) is 23.1 Å². The van der Waals surface area contributed by atoms with E-state index >= 15 is 0 Å². The monoisotopic (exact) mass is 663 g/mol. The summed E-state index contributed by atoms with van der Waals surface area (Å²) in [5, 5.41) is 13.3. The Morgan fingerprint density at radius 3 is 2.40 bits per heavy atom. The standard InChI is InChI=1S/C32H24Cl2FN5O4S/c1-43-28-15-19(14-26(34)30(28)44-17-29(41)37-24-12-8-23(35)9-13-24)16-36-40-31(42)21-4-2-20(3-5-21)27-18-45-32(39-27)38-25-10-6-22(33)7-11-25/h2-16,18H,17H2,1H3,(H,37,41)(H,38,39)(H,40,42)/b36-16-. The van der Waals surface area contributed by atoms with Crippen LogP contribution < -0.4 is 25.5 Å². The molecule has 13 heteroatoms. The van der Waals surface area contributed by atoms with Crippen molar-refractivity contribution in [1.29, 1.82) is 0 Å². The third kappa shape index (κ3) is 8.57. The minimum atomic E-state index is -0.469. The van der Waals surface area contributed by atoms with Gasteiger partial charge in [-0.25, -0.2) is 14.8 Å². The molecule has 1 aromatic heterocycles. The lowest BCUT2D eigenvalue weighted by atomic mass is 10.1. The van der Waals surface area contributed by atoms with Crippen molar-refractivity contribution in [2.45, 2.75) is 0 Å². The molecule has 0 aliphatic carbocycles. The maximum Gasteiger partial charge on any atom is 0.271 e. The Hall–Kier alpha value is -4.97. The van der Waals surface area contributed by atoms with E-state index in [0.29, 0.717) is 21.8 Å². The first-order valence-corrected chi connectivity index (χ1v) is 14.9. The Balaban J connectivity index is 1.15. The van der Waals surface area contributed by atoms with Gasteiger partial charge in [0.15, 0.2) is 23.2 Å². The van der Waals surface area contributed by atoms with Crippen molar-refractivity contribution in [3.05, 3.63) is 117 Å². The smallest absolute Gasteiger partial charge is 0.271 e. The Morgan fingerprint density at radius 1 is 0.978 bits per heavy atom. The number of hydrazone groups is 1. The molecule has 1 heterocycles. The lowest BCUT2D eigenvalue weighted by molar-refractivity contribution is -0.118. The van der Waals surface area contributed by atoms with Gasteiger partial charge in [0.05, 0.1) is 24.0 Å². The number of nitrogens with one attached hydrogen (secondary N) is 3. The number of aromatic nitrogens is 1. The van der Waals surface area contributed by atoms with Gasteiger partial charge in [0, 0.05) is 32.9 Å².